The van der Waals surface area contributed by atoms with E-state index in [-0.39, 0.29) is 22.3 Å². The molecular formula is C40H32F6N4O. The molecule has 260 valence electrons. The van der Waals surface area contributed by atoms with E-state index >= 15 is 0 Å². The molecule has 3 heterocycles. The SMILES string of the molecule is Cc1c(C)c(C(F)(F)F)c(-c2cnn(-c3cccc(Oc4ccc5c6ccccc6n(-c6cc(C(C)C)ccn6)c5c4)c3)c2)c(C(F)(F)F)c1C. The third-order valence-electron chi connectivity index (χ3n) is 9.44. The topological polar surface area (TPSA) is 44.9 Å². The van der Waals surface area contributed by atoms with E-state index < -0.39 is 29.0 Å². The van der Waals surface area contributed by atoms with Gasteiger partial charge in [-0.1, -0.05) is 38.1 Å². The Morgan fingerprint density at radius 2 is 1.35 bits per heavy atom. The van der Waals surface area contributed by atoms with E-state index in [1.54, 1.807) is 30.5 Å². The summed E-state index contributed by atoms with van der Waals surface area (Å²) in [4.78, 5) is 4.69. The van der Waals surface area contributed by atoms with Crippen LogP contribution in [0.3, 0.4) is 0 Å². The molecule has 5 nitrogen and oxygen atoms in total. The molecule has 7 aromatic rings. The quantitative estimate of drug-likeness (QED) is 0.162. The highest BCUT2D eigenvalue weighted by Crippen LogP contribution is 2.49. The molecule has 0 unspecified atom stereocenters. The maximum atomic E-state index is 14.4. The molecule has 0 radical (unpaired) electrons. The Morgan fingerprint density at radius 1 is 0.686 bits per heavy atom. The predicted molar refractivity (Wildman–Crippen MR) is 186 cm³/mol. The second-order valence-corrected chi connectivity index (χ2v) is 12.9. The lowest BCUT2D eigenvalue weighted by molar-refractivity contribution is -0.142. The number of benzene rings is 4. The molecular weight excluding hydrogens is 666 g/mol. The molecule has 0 bridgehead atoms. The van der Waals surface area contributed by atoms with Crippen LogP contribution in [0.2, 0.25) is 0 Å². The van der Waals surface area contributed by atoms with Crippen LogP contribution >= 0.6 is 0 Å². The number of alkyl halides is 6. The van der Waals surface area contributed by atoms with Crippen molar-refractivity contribution < 1.29 is 31.1 Å². The van der Waals surface area contributed by atoms with Gasteiger partial charge in [-0.2, -0.15) is 31.4 Å². The summed E-state index contributed by atoms with van der Waals surface area (Å²) in [7, 11) is 0. The number of hydrogen-bond acceptors (Lipinski definition) is 3. The fraction of sp³-hybridized carbons (Fsp3) is 0.200. The van der Waals surface area contributed by atoms with Crippen LogP contribution in [0.5, 0.6) is 11.5 Å². The fourth-order valence-corrected chi connectivity index (χ4v) is 6.75. The largest absolute Gasteiger partial charge is 0.457 e. The van der Waals surface area contributed by atoms with Gasteiger partial charge in [-0.05, 0) is 91.4 Å². The van der Waals surface area contributed by atoms with Gasteiger partial charge in [-0.25, -0.2) is 9.67 Å². The van der Waals surface area contributed by atoms with Crippen LogP contribution in [-0.4, -0.2) is 19.3 Å². The highest BCUT2D eigenvalue weighted by atomic mass is 19.4. The lowest BCUT2D eigenvalue weighted by Crippen LogP contribution is -2.19. The van der Waals surface area contributed by atoms with Crippen LogP contribution < -0.4 is 4.74 Å². The summed E-state index contributed by atoms with van der Waals surface area (Å²) in [5.74, 6) is 1.98. The molecule has 0 spiro atoms. The Bertz CT molecular complexity index is 2410. The number of pyridine rings is 1. The Hall–Kier alpha value is -5.58. The number of ether oxygens (including phenoxy) is 1. The van der Waals surface area contributed by atoms with E-state index in [1.165, 1.54) is 31.6 Å². The summed E-state index contributed by atoms with van der Waals surface area (Å²) in [6.07, 6.45) is -6.07. The van der Waals surface area contributed by atoms with E-state index in [9.17, 15) is 26.3 Å². The highest BCUT2D eigenvalue weighted by Gasteiger charge is 2.44. The molecule has 0 fully saturated rings. The Morgan fingerprint density at radius 3 is 2.04 bits per heavy atom. The van der Waals surface area contributed by atoms with Gasteiger partial charge in [0, 0.05) is 46.4 Å². The van der Waals surface area contributed by atoms with Gasteiger partial charge in [0.15, 0.2) is 0 Å². The first kappa shape index (κ1) is 33.9. The minimum atomic E-state index is -5.03. The number of para-hydroxylation sites is 1. The van der Waals surface area contributed by atoms with Gasteiger partial charge in [0.05, 0.1) is 34.0 Å². The monoisotopic (exact) mass is 698 g/mol. The number of aromatic nitrogens is 4. The van der Waals surface area contributed by atoms with Crippen molar-refractivity contribution in [3.8, 4) is 34.1 Å². The summed E-state index contributed by atoms with van der Waals surface area (Å²) in [6.45, 7) is 7.90. The number of nitrogens with zero attached hydrogens (tertiary/aromatic N) is 4. The molecule has 0 aliphatic heterocycles. The Labute approximate surface area is 289 Å². The molecule has 0 saturated carbocycles. The molecule has 51 heavy (non-hydrogen) atoms. The average Bonchev–Trinajstić information content (AvgIpc) is 3.69. The van der Waals surface area contributed by atoms with Gasteiger partial charge >= 0.3 is 12.4 Å². The molecule has 0 saturated heterocycles. The van der Waals surface area contributed by atoms with Crippen LogP contribution in [0.1, 0.15) is 53.1 Å². The van der Waals surface area contributed by atoms with Gasteiger partial charge in [-0.3, -0.25) is 4.57 Å². The van der Waals surface area contributed by atoms with Crippen molar-refractivity contribution in [2.75, 3.05) is 0 Å². The van der Waals surface area contributed by atoms with Gasteiger partial charge < -0.3 is 4.74 Å². The van der Waals surface area contributed by atoms with E-state index in [4.69, 9.17) is 4.74 Å². The molecule has 0 amide bonds. The predicted octanol–water partition coefficient (Wildman–Crippen LogP) is 11.9. The fourth-order valence-electron chi connectivity index (χ4n) is 6.75. The third kappa shape index (κ3) is 6.00. The van der Waals surface area contributed by atoms with E-state index in [0.29, 0.717) is 23.1 Å². The van der Waals surface area contributed by atoms with E-state index in [1.807, 2.05) is 42.5 Å². The second kappa shape index (κ2) is 12.3. The number of hydrogen-bond donors (Lipinski definition) is 0. The molecule has 4 aromatic carbocycles. The van der Waals surface area contributed by atoms with Gasteiger partial charge in [0.25, 0.3) is 0 Å². The molecule has 11 heteroatoms. The first-order valence-corrected chi connectivity index (χ1v) is 16.2. The smallest absolute Gasteiger partial charge is 0.417 e. The summed E-state index contributed by atoms with van der Waals surface area (Å²) < 4.78 is 95.9. The molecule has 0 aliphatic carbocycles. The zero-order valence-electron chi connectivity index (χ0n) is 28.3. The van der Waals surface area contributed by atoms with Crippen LogP contribution in [-0.2, 0) is 12.4 Å². The first-order valence-electron chi connectivity index (χ1n) is 16.2. The summed E-state index contributed by atoms with van der Waals surface area (Å²) in [5.41, 5.74) is -1.09. The molecule has 0 aliphatic rings. The van der Waals surface area contributed by atoms with Crippen molar-refractivity contribution in [1.82, 2.24) is 19.3 Å². The Balaban J connectivity index is 1.28. The van der Waals surface area contributed by atoms with Crippen molar-refractivity contribution in [3.63, 3.8) is 0 Å². The van der Waals surface area contributed by atoms with Crippen LogP contribution in [0.4, 0.5) is 26.3 Å². The van der Waals surface area contributed by atoms with Crippen molar-refractivity contribution in [1.29, 1.82) is 0 Å². The lowest BCUT2D eigenvalue weighted by atomic mass is 9.85. The maximum absolute atomic E-state index is 14.4. The van der Waals surface area contributed by atoms with Gasteiger partial charge in [0.1, 0.15) is 17.3 Å². The standard InChI is InChI=1S/C40H32F6N4O/c1-22(2)26-15-16-47-35(17-26)50-33-12-7-6-11-31(33)32-14-13-30(19-34(32)50)51-29-10-8-9-28(18-29)49-21-27(20-48-49)36-37(39(41,42)43)24(4)23(3)25(5)38(36)40(44,45)46/h6-22H,1-5H3. The second-order valence-electron chi connectivity index (χ2n) is 12.9. The molecule has 7 rings (SSSR count). The minimum Gasteiger partial charge on any atom is -0.457 e. The average molecular weight is 699 g/mol. The highest BCUT2D eigenvalue weighted by molar-refractivity contribution is 6.09. The number of halogens is 6. The third-order valence-corrected chi connectivity index (χ3v) is 9.44. The van der Waals surface area contributed by atoms with Crippen LogP contribution in [0.25, 0.3) is 44.4 Å². The number of fused-ring (bicyclic) bond motifs is 3. The van der Waals surface area contributed by atoms with Crippen molar-refractivity contribution in [2.24, 2.45) is 0 Å². The zero-order chi connectivity index (χ0) is 36.4. The summed E-state index contributed by atoms with van der Waals surface area (Å²) in [6, 6.07) is 24.5. The van der Waals surface area contributed by atoms with Crippen molar-refractivity contribution in [3.05, 3.63) is 131 Å². The summed E-state index contributed by atoms with van der Waals surface area (Å²) >= 11 is 0. The van der Waals surface area contributed by atoms with Crippen molar-refractivity contribution >= 4 is 21.8 Å². The van der Waals surface area contributed by atoms with E-state index in [0.717, 1.165) is 39.4 Å². The van der Waals surface area contributed by atoms with Crippen LogP contribution in [0, 0.1) is 20.8 Å². The van der Waals surface area contributed by atoms with E-state index in [2.05, 4.69) is 40.6 Å². The lowest BCUT2D eigenvalue weighted by Gasteiger charge is -2.24. The normalized spacial score (nSPS) is 12.4. The minimum absolute atomic E-state index is 0.0606. The molecule has 3 aromatic heterocycles. The maximum Gasteiger partial charge on any atom is 0.417 e. The van der Waals surface area contributed by atoms with Gasteiger partial charge in [-0.15, -0.1) is 0 Å². The molecule has 0 atom stereocenters. The zero-order valence-corrected chi connectivity index (χ0v) is 28.3. The molecule has 0 N–H and O–H groups in total. The first-order chi connectivity index (χ1) is 24.1. The summed E-state index contributed by atoms with van der Waals surface area (Å²) in [5, 5.41) is 6.24. The van der Waals surface area contributed by atoms with Crippen molar-refractivity contribution in [2.45, 2.75) is 52.9 Å². The Kier molecular flexibility index (Phi) is 8.19. The number of rotatable bonds is 6. The van der Waals surface area contributed by atoms with Crippen LogP contribution in [0.15, 0.2) is 97.5 Å². The van der Waals surface area contributed by atoms with Gasteiger partial charge in [0.2, 0.25) is 0 Å².